The van der Waals surface area contributed by atoms with Gasteiger partial charge in [-0.1, -0.05) is 6.42 Å². The molecule has 1 aromatic heterocycles. The van der Waals surface area contributed by atoms with Crippen LogP contribution < -0.4 is 5.73 Å². The van der Waals surface area contributed by atoms with Gasteiger partial charge in [-0.2, -0.15) is 0 Å². The summed E-state index contributed by atoms with van der Waals surface area (Å²) in [7, 11) is 0. The lowest BCUT2D eigenvalue weighted by molar-refractivity contribution is 0.414. The highest BCUT2D eigenvalue weighted by Gasteiger charge is 2.40. The van der Waals surface area contributed by atoms with Crippen LogP contribution >= 0.6 is 11.3 Å². The van der Waals surface area contributed by atoms with Crippen molar-refractivity contribution in [3.8, 4) is 0 Å². The fraction of sp³-hybridized carbons (Fsp3) is 0.700. The van der Waals surface area contributed by atoms with Crippen LogP contribution in [-0.4, -0.2) is 4.98 Å². The van der Waals surface area contributed by atoms with Crippen LogP contribution in [0.5, 0.6) is 0 Å². The Morgan fingerprint density at radius 2 is 2.31 bits per heavy atom. The van der Waals surface area contributed by atoms with Gasteiger partial charge in [-0.05, 0) is 31.1 Å². The molecule has 2 saturated carbocycles. The molecule has 2 fully saturated rings. The third-order valence-corrected chi connectivity index (χ3v) is 4.35. The van der Waals surface area contributed by atoms with Gasteiger partial charge < -0.3 is 5.73 Å². The maximum atomic E-state index is 5.65. The summed E-state index contributed by atoms with van der Waals surface area (Å²) < 4.78 is 0. The Balaban J connectivity index is 1.87. The molecule has 2 nitrogen and oxygen atoms in total. The van der Waals surface area contributed by atoms with Crippen LogP contribution in [0.3, 0.4) is 0 Å². The highest BCUT2D eigenvalue weighted by atomic mass is 32.1. The predicted molar refractivity (Wildman–Crippen MR) is 54.7 cm³/mol. The lowest BCUT2D eigenvalue weighted by Crippen LogP contribution is -2.08. The molecule has 3 atom stereocenters. The molecule has 2 aliphatic rings. The summed E-state index contributed by atoms with van der Waals surface area (Å²) in [4.78, 5) is 4.41. The number of thiazole rings is 1. The molecule has 0 saturated heterocycles. The Morgan fingerprint density at radius 3 is 2.85 bits per heavy atom. The molecule has 13 heavy (non-hydrogen) atoms. The normalized spacial score (nSPS) is 37.1. The molecule has 2 bridgehead atoms. The third-order valence-electron chi connectivity index (χ3n) is 3.66. The number of fused-ring (bicyclic) bond motifs is 2. The molecular formula is C10H14N2S. The summed E-state index contributed by atoms with van der Waals surface area (Å²) in [5, 5.41) is 2.89. The van der Waals surface area contributed by atoms with Gasteiger partial charge in [0.25, 0.3) is 0 Å². The van der Waals surface area contributed by atoms with E-state index in [0.717, 1.165) is 22.9 Å². The lowest BCUT2D eigenvalue weighted by atomic mass is 9.87. The van der Waals surface area contributed by atoms with Crippen molar-refractivity contribution in [1.29, 1.82) is 0 Å². The Morgan fingerprint density at radius 1 is 1.38 bits per heavy atom. The van der Waals surface area contributed by atoms with E-state index in [9.17, 15) is 0 Å². The average molecular weight is 194 g/mol. The van der Waals surface area contributed by atoms with Crippen LogP contribution in [0.15, 0.2) is 5.38 Å². The monoisotopic (exact) mass is 194 g/mol. The van der Waals surface area contributed by atoms with Crippen molar-refractivity contribution in [1.82, 2.24) is 4.98 Å². The van der Waals surface area contributed by atoms with Gasteiger partial charge in [-0.15, -0.1) is 11.3 Å². The summed E-state index contributed by atoms with van der Waals surface area (Å²) in [6.07, 6.45) is 5.70. The molecule has 0 aromatic carbocycles. The first-order valence-corrected chi connectivity index (χ1v) is 5.92. The fourth-order valence-electron chi connectivity index (χ4n) is 3.08. The van der Waals surface area contributed by atoms with Crippen molar-refractivity contribution < 1.29 is 0 Å². The van der Waals surface area contributed by atoms with Crippen molar-refractivity contribution in [3.05, 3.63) is 11.1 Å². The maximum absolute atomic E-state index is 5.65. The minimum atomic E-state index is 0.734. The van der Waals surface area contributed by atoms with Gasteiger partial charge in [0.15, 0.2) is 5.13 Å². The molecule has 0 spiro atoms. The van der Waals surface area contributed by atoms with Crippen molar-refractivity contribution in [2.24, 2.45) is 11.8 Å². The first-order chi connectivity index (χ1) is 6.33. The zero-order valence-corrected chi connectivity index (χ0v) is 8.39. The number of hydrogen-bond donors (Lipinski definition) is 1. The second-order valence-electron chi connectivity index (χ2n) is 4.39. The molecular weight excluding hydrogens is 180 g/mol. The van der Waals surface area contributed by atoms with E-state index in [0.29, 0.717) is 0 Å². The molecule has 2 N–H and O–H groups in total. The average Bonchev–Trinajstić information content (AvgIpc) is 2.77. The number of nitrogens with zero attached hydrogens (tertiary/aromatic N) is 1. The van der Waals surface area contributed by atoms with Crippen molar-refractivity contribution >= 4 is 16.5 Å². The van der Waals surface area contributed by atoms with Gasteiger partial charge in [0.2, 0.25) is 0 Å². The molecule has 2 aliphatic carbocycles. The Labute approximate surface area is 82.2 Å². The molecule has 0 aliphatic heterocycles. The van der Waals surface area contributed by atoms with Gasteiger partial charge in [-0.3, -0.25) is 0 Å². The van der Waals surface area contributed by atoms with Crippen LogP contribution in [0.25, 0.3) is 0 Å². The van der Waals surface area contributed by atoms with Crippen LogP contribution in [0, 0.1) is 11.8 Å². The van der Waals surface area contributed by atoms with E-state index in [1.165, 1.54) is 31.4 Å². The standard InChI is InChI=1S/C10H14N2S/c11-10-12-9(5-13-10)8-4-6-1-2-7(8)3-6/h5-8H,1-4H2,(H2,11,12). The van der Waals surface area contributed by atoms with E-state index in [2.05, 4.69) is 10.4 Å². The van der Waals surface area contributed by atoms with Crippen LogP contribution in [-0.2, 0) is 0 Å². The van der Waals surface area contributed by atoms with Crippen LogP contribution in [0.2, 0.25) is 0 Å². The molecule has 3 rings (SSSR count). The minimum Gasteiger partial charge on any atom is -0.375 e. The summed E-state index contributed by atoms with van der Waals surface area (Å²) in [5.41, 5.74) is 6.92. The van der Waals surface area contributed by atoms with Crippen LogP contribution in [0.4, 0.5) is 5.13 Å². The van der Waals surface area contributed by atoms with Gasteiger partial charge >= 0.3 is 0 Å². The minimum absolute atomic E-state index is 0.734. The van der Waals surface area contributed by atoms with Gasteiger partial charge in [0, 0.05) is 11.3 Å². The number of anilines is 1. The van der Waals surface area contributed by atoms with E-state index in [-0.39, 0.29) is 0 Å². The third kappa shape index (κ3) is 1.17. The van der Waals surface area contributed by atoms with Crippen molar-refractivity contribution in [3.63, 3.8) is 0 Å². The number of hydrogen-bond acceptors (Lipinski definition) is 3. The summed E-state index contributed by atoms with van der Waals surface area (Å²) >= 11 is 1.59. The van der Waals surface area contributed by atoms with E-state index < -0.39 is 0 Å². The highest BCUT2D eigenvalue weighted by Crippen LogP contribution is 2.52. The van der Waals surface area contributed by atoms with Crippen molar-refractivity contribution in [2.75, 3.05) is 5.73 Å². The zero-order valence-electron chi connectivity index (χ0n) is 7.57. The first-order valence-electron chi connectivity index (χ1n) is 5.04. The zero-order chi connectivity index (χ0) is 8.84. The van der Waals surface area contributed by atoms with Gasteiger partial charge in [0.05, 0.1) is 5.69 Å². The van der Waals surface area contributed by atoms with E-state index in [1.54, 1.807) is 11.3 Å². The molecule has 0 amide bonds. The second-order valence-corrected chi connectivity index (χ2v) is 5.28. The first kappa shape index (κ1) is 7.80. The van der Waals surface area contributed by atoms with E-state index >= 15 is 0 Å². The number of nitrogen functional groups attached to an aromatic ring is 1. The smallest absolute Gasteiger partial charge is 0.180 e. The summed E-state index contributed by atoms with van der Waals surface area (Å²) in [6.45, 7) is 0. The lowest BCUT2D eigenvalue weighted by Gasteiger charge is -2.19. The largest absolute Gasteiger partial charge is 0.375 e. The van der Waals surface area contributed by atoms with Gasteiger partial charge in [-0.25, -0.2) is 4.98 Å². The molecule has 1 heterocycles. The number of rotatable bonds is 1. The molecule has 70 valence electrons. The SMILES string of the molecule is Nc1nc(C2CC3CCC2C3)cs1. The summed E-state index contributed by atoms with van der Waals surface area (Å²) in [5.74, 6) is 2.66. The van der Waals surface area contributed by atoms with Crippen LogP contribution in [0.1, 0.15) is 37.3 Å². The topological polar surface area (TPSA) is 38.9 Å². The Kier molecular flexibility index (Phi) is 1.62. The predicted octanol–water partition coefficient (Wildman–Crippen LogP) is 2.63. The van der Waals surface area contributed by atoms with Gasteiger partial charge in [0.1, 0.15) is 0 Å². The maximum Gasteiger partial charge on any atom is 0.180 e. The Hall–Kier alpha value is -0.570. The van der Waals surface area contributed by atoms with E-state index in [4.69, 9.17) is 5.73 Å². The highest BCUT2D eigenvalue weighted by molar-refractivity contribution is 7.13. The molecule has 3 unspecified atom stereocenters. The quantitative estimate of drug-likeness (QED) is 0.746. The molecule has 3 heteroatoms. The number of nitrogens with two attached hydrogens (primary N) is 1. The number of aromatic nitrogens is 1. The molecule has 0 radical (unpaired) electrons. The van der Waals surface area contributed by atoms with E-state index in [1.807, 2.05) is 0 Å². The van der Waals surface area contributed by atoms with Crippen molar-refractivity contribution in [2.45, 2.75) is 31.6 Å². The second kappa shape index (κ2) is 2.71. The Bertz CT molecular complexity index is 320. The summed E-state index contributed by atoms with van der Waals surface area (Å²) in [6, 6.07) is 0. The molecule has 1 aromatic rings. The fourth-order valence-corrected chi connectivity index (χ4v) is 3.71.